The number of hydrogen-bond donors (Lipinski definition) is 1. The Labute approximate surface area is 127 Å². The maximum atomic E-state index is 13.0. The molecule has 1 unspecified atom stereocenters. The van der Waals surface area contributed by atoms with Crippen molar-refractivity contribution in [3.8, 4) is 0 Å². The van der Waals surface area contributed by atoms with Gasteiger partial charge < -0.3 is 10.6 Å². The molecule has 1 aliphatic heterocycles. The lowest BCUT2D eigenvalue weighted by atomic mass is 10.2. The second-order valence-corrected chi connectivity index (χ2v) is 7.46. The van der Waals surface area contributed by atoms with Crippen LogP contribution in [-0.2, 0) is 16.6 Å². The fourth-order valence-electron chi connectivity index (χ4n) is 2.92. The third-order valence-electron chi connectivity index (χ3n) is 4.10. The minimum Gasteiger partial charge on any atom is -0.326 e. The van der Waals surface area contributed by atoms with E-state index >= 15 is 0 Å². The summed E-state index contributed by atoms with van der Waals surface area (Å²) in [5.41, 5.74) is 6.39. The number of benzene rings is 1. The molecule has 0 aliphatic carbocycles. The molecular weight excluding hydrogens is 286 g/mol. The quantitative estimate of drug-likeness (QED) is 0.909. The molecule has 1 aromatic carbocycles. The number of sulfonamides is 1. The first-order valence-corrected chi connectivity index (χ1v) is 8.93. The van der Waals surface area contributed by atoms with Crippen molar-refractivity contribution < 1.29 is 8.42 Å². The van der Waals surface area contributed by atoms with Gasteiger partial charge in [0, 0.05) is 25.7 Å². The predicted molar refractivity (Wildman–Crippen MR) is 84.4 cm³/mol. The van der Waals surface area contributed by atoms with Crippen LogP contribution >= 0.6 is 0 Å². The Kier molecular flexibility index (Phi) is 5.37. The monoisotopic (exact) mass is 311 g/mol. The highest BCUT2D eigenvalue weighted by molar-refractivity contribution is 7.89. The van der Waals surface area contributed by atoms with E-state index in [1.54, 1.807) is 22.5 Å². The highest BCUT2D eigenvalue weighted by Gasteiger charge is 2.33. The first kappa shape index (κ1) is 16.4. The molecule has 0 aromatic heterocycles. The van der Waals surface area contributed by atoms with Crippen molar-refractivity contribution in [2.45, 2.75) is 37.2 Å². The minimum atomic E-state index is -3.49. The summed E-state index contributed by atoms with van der Waals surface area (Å²) in [6.07, 6.45) is 1.67. The summed E-state index contributed by atoms with van der Waals surface area (Å²) in [6.45, 7) is 4.56. The zero-order chi connectivity index (χ0) is 15.5. The van der Waals surface area contributed by atoms with Crippen LogP contribution in [0.5, 0.6) is 0 Å². The Balaban J connectivity index is 2.41. The molecule has 21 heavy (non-hydrogen) atoms. The van der Waals surface area contributed by atoms with Crippen LogP contribution in [0, 0.1) is 0 Å². The second kappa shape index (κ2) is 6.87. The van der Waals surface area contributed by atoms with Crippen LogP contribution in [0.15, 0.2) is 29.2 Å². The van der Waals surface area contributed by atoms with E-state index in [1.165, 1.54) is 0 Å². The highest BCUT2D eigenvalue weighted by Crippen LogP contribution is 2.25. The van der Waals surface area contributed by atoms with Crippen LogP contribution in [0.1, 0.15) is 25.3 Å². The van der Waals surface area contributed by atoms with Crippen LogP contribution in [0.2, 0.25) is 0 Å². The van der Waals surface area contributed by atoms with Crippen molar-refractivity contribution in [3.05, 3.63) is 29.8 Å². The van der Waals surface area contributed by atoms with E-state index in [0.29, 0.717) is 17.0 Å². The van der Waals surface area contributed by atoms with E-state index in [0.717, 1.165) is 25.9 Å². The van der Waals surface area contributed by atoms with Gasteiger partial charge in [0.2, 0.25) is 10.0 Å². The van der Waals surface area contributed by atoms with Crippen LogP contribution < -0.4 is 5.73 Å². The van der Waals surface area contributed by atoms with Crippen molar-refractivity contribution in [2.75, 3.05) is 26.7 Å². The maximum absolute atomic E-state index is 13.0. The average molecular weight is 311 g/mol. The van der Waals surface area contributed by atoms with Gasteiger partial charge in [-0.1, -0.05) is 25.1 Å². The molecule has 1 atom stereocenters. The van der Waals surface area contributed by atoms with E-state index in [2.05, 4.69) is 4.90 Å². The van der Waals surface area contributed by atoms with E-state index in [9.17, 15) is 8.42 Å². The molecule has 5 nitrogen and oxygen atoms in total. The standard InChI is InChI=1S/C15H25N3O2S/c1-3-14-12-17(2)9-6-10-18(14)21(19,20)15-8-5-4-7-13(15)11-16/h4-5,7-8,14H,3,6,9-12,16H2,1-2H3. The van der Waals surface area contributed by atoms with Crippen LogP contribution in [-0.4, -0.2) is 50.3 Å². The fraction of sp³-hybridized carbons (Fsp3) is 0.600. The number of rotatable bonds is 4. The van der Waals surface area contributed by atoms with Crippen molar-refractivity contribution in [3.63, 3.8) is 0 Å². The molecule has 6 heteroatoms. The Bertz CT molecular complexity index is 574. The zero-order valence-corrected chi connectivity index (χ0v) is 13.6. The normalized spacial score (nSPS) is 22.1. The summed E-state index contributed by atoms with van der Waals surface area (Å²) in [7, 11) is -1.44. The lowest BCUT2D eigenvalue weighted by molar-refractivity contribution is 0.270. The van der Waals surface area contributed by atoms with Crippen LogP contribution in [0.25, 0.3) is 0 Å². The number of nitrogens with two attached hydrogens (primary N) is 1. The SMILES string of the molecule is CCC1CN(C)CCCN1S(=O)(=O)c1ccccc1CN. The molecule has 1 aromatic rings. The molecule has 118 valence electrons. The molecular formula is C15H25N3O2S. The van der Waals surface area contributed by atoms with E-state index in [1.807, 2.05) is 20.0 Å². The van der Waals surface area contributed by atoms with Gasteiger partial charge >= 0.3 is 0 Å². The largest absolute Gasteiger partial charge is 0.326 e. The summed E-state index contributed by atoms with van der Waals surface area (Å²) in [5, 5.41) is 0. The van der Waals surface area contributed by atoms with Gasteiger partial charge in [0.15, 0.2) is 0 Å². The fourth-order valence-corrected chi connectivity index (χ4v) is 4.88. The Morgan fingerprint density at radius 3 is 2.67 bits per heavy atom. The molecule has 0 saturated carbocycles. The topological polar surface area (TPSA) is 66.6 Å². The molecule has 0 amide bonds. The van der Waals surface area contributed by atoms with Gasteiger partial charge in [-0.15, -0.1) is 0 Å². The summed E-state index contributed by atoms with van der Waals surface area (Å²) >= 11 is 0. The first-order chi connectivity index (χ1) is 10.0. The molecule has 0 radical (unpaired) electrons. The number of nitrogens with zero attached hydrogens (tertiary/aromatic N) is 2. The van der Waals surface area contributed by atoms with Crippen molar-refractivity contribution in [1.82, 2.24) is 9.21 Å². The van der Waals surface area contributed by atoms with E-state index < -0.39 is 10.0 Å². The Hall–Kier alpha value is -0.950. The number of hydrogen-bond acceptors (Lipinski definition) is 4. The van der Waals surface area contributed by atoms with Gasteiger partial charge in [0.05, 0.1) is 4.90 Å². The van der Waals surface area contributed by atoms with Gasteiger partial charge in [-0.3, -0.25) is 0 Å². The predicted octanol–water partition coefficient (Wildman–Crippen LogP) is 1.25. The van der Waals surface area contributed by atoms with E-state index in [4.69, 9.17) is 5.73 Å². The third-order valence-corrected chi connectivity index (χ3v) is 6.15. The molecule has 2 rings (SSSR count). The summed E-state index contributed by atoms with van der Waals surface area (Å²) in [6, 6.07) is 7.07. The summed E-state index contributed by atoms with van der Waals surface area (Å²) in [4.78, 5) is 2.56. The van der Waals surface area contributed by atoms with Crippen molar-refractivity contribution >= 4 is 10.0 Å². The van der Waals surface area contributed by atoms with Crippen LogP contribution in [0.4, 0.5) is 0 Å². The Morgan fingerprint density at radius 1 is 1.29 bits per heavy atom. The molecule has 1 fully saturated rings. The Morgan fingerprint density at radius 2 is 2.00 bits per heavy atom. The first-order valence-electron chi connectivity index (χ1n) is 7.49. The lowest BCUT2D eigenvalue weighted by Gasteiger charge is -2.30. The van der Waals surface area contributed by atoms with Crippen LogP contribution in [0.3, 0.4) is 0 Å². The van der Waals surface area contributed by atoms with Gasteiger partial charge in [-0.2, -0.15) is 4.31 Å². The van der Waals surface area contributed by atoms with Gasteiger partial charge in [-0.25, -0.2) is 8.42 Å². The van der Waals surface area contributed by atoms with Gasteiger partial charge in [0.1, 0.15) is 0 Å². The second-order valence-electron chi connectivity index (χ2n) is 5.61. The van der Waals surface area contributed by atoms with Gasteiger partial charge in [-0.05, 0) is 38.1 Å². The molecule has 1 saturated heterocycles. The molecule has 1 heterocycles. The zero-order valence-electron chi connectivity index (χ0n) is 12.8. The third kappa shape index (κ3) is 3.45. The lowest BCUT2D eigenvalue weighted by Crippen LogP contribution is -2.43. The highest BCUT2D eigenvalue weighted by atomic mass is 32.2. The molecule has 1 aliphatic rings. The van der Waals surface area contributed by atoms with Gasteiger partial charge in [0.25, 0.3) is 0 Å². The average Bonchev–Trinajstić information content (AvgIpc) is 2.68. The van der Waals surface area contributed by atoms with Crippen molar-refractivity contribution in [1.29, 1.82) is 0 Å². The maximum Gasteiger partial charge on any atom is 0.243 e. The molecule has 2 N–H and O–H groups in total. The summed E-state index contributed by atoms with van der Waals surface area (Å²) < 4.78 is 27.8. The molecule has 0 bridgehead atoms. The van der Waals surface area contributed by atoms with E-state index in [-0.39, 0.29) is 12.6 Å². The van der Waals surface area contributed by atoms with Crippen molar-refractivity contribution in [2.24, 2.45) is 5.73 Å². The number of likely N-dealkylation sites (N-methyl/N-ethyl adjacent to an activating group) is 1. The smallest absolute Gasteiger partial charge is 0.243 e. The molecule has 0 spiro atoms. The summed E-state index contributed by atoms with van der Waals surface area (Å²) in [5.74, 6) is 0. The minimum absolute atomic E-state index is 0.0216.